The van der Waals surface area contributed by atoms with Gasteiger partial charge in [0.05, 0.1) is 0 Å². The zero-order chi connectivity index (χ0) is 14.5. The molecule has 0 saturated heterocycles. The molecular formula is C14H27N3O2. The van der Waals surface area contributed by atoms with Crippen LogP contribution in [-0.4, -0.2) is 23.3 Å². The molecule has 1 rings (SSSR count). The van der Waals surface area contributed by atoms with E-state index in [4.69, 9.17) is 15.0 Å². The SMILES string of the molecule is CCOC(c1noc(CC(CC)CN)n1)C(C)(C)C. The number of hydrogen-bond donors (Lipinski definition) is 1. The molecule has 0 aromatic carbocycles. The van der Waals surface area contributed by atoms with Crippen molar-refractivity contribution < 1.29 is 9.26 Å². The lowest BCUT2D eigenvalue weighted by atomic mass is 9.88. The third-order valence-corrected chi connectivity index (χ3v) is 3.21. The Morgan fingerprint density at radius 2 is 2.00 bits per heavy atom. The first-order chi connectivity index (χ1) is 8.92. The topological polar surface area (TPSA) is 74.2 Å². The Morgan fingerprint density at radius 3 is 2.47 bits per heavy atom. The van der Waals surface area contributed by atoms with Crippen LogP contribution in [0.25, 0.3) is 0 Å². The Kier molecular flexibility index (Phi) is 5.94. The van der Waals surface area contributed by atoms with E-state index in [1.165, 1.54) is 0 Å². The lowest BCUT2D eigenvalue weighted by Crippen LogP contribution is -2.22. The van der Waals surface area contributed by atoms with Crippen molar-refractivity contribution in [1.29, 1.82) is 0 Å². The maximum atomic E-state index is 5.75. The van der Waals surface area contributed by atoms with Gasteiger partial charge in [-0.15, -0.1) is 0 Å². The molecule has 0 aliphatic carbocycles. The van der Waals surface area contributed by atoms with Crippen LogP contribution >= 0.6 is 0 Å². The van der Waals surface area contributed by atoms with E-state index >= 15 is 0 Å². The van der Waals surface area contributed by atoms with Crippen molar-refractivity contribution in [1.82, 2.24) is 10.1 Å². The first-order valence-electron chi connectivity index (χ1n) is 7.06. The second kappa shape index (κ2) is 7.01. The van der Waals surface area contributed by atoms with E-state index in [-0.39, 0.29) is 11.5 Å². The summed E-state index contributed by atoms with van der Waals surface area (Å²) in [5, 5.41) is 4.07. The Balaban J connectivity index is 2.81. The van der Waals surface area contributed by atoms with Gasteiger partial charge in [0.2, 0.25) is 11.7 Å². The van der Waals surface area contributed by atoms with Crippen LogP contribution in [0.15, 0.2) is 4.52 Å². The fraction of sp³-hybridized carbons (Fsp3) is 0.857. The van der Waals surface area contributed by atoms with Gasteiger partial charge in [-0.3, -0.25) is 0 Å². The Morgan fingerprint density at radius 1 is 1.32 bits per heavy atom. The molecule has 2 unspecified atom stereocenters. The second-order valence-corrected chi connectivity index (χ2v) is 5.96. The van der Waals surface area contributed by atoms with Gasteiger partial charge in [0.1, 0.15) is 6.10 Å². The summed E-state index contributed by atoms with van der Waals surface area (Å²) in [6, 6.07) is 0. The van der Waals surface area contributed by atoms with Crippen LogP contribution in [0.2, 0.25) is 0 Å². The molecule has 0 saturated carbocycles. The van der Waals surface area contributed by atoms with Gasteiger partial charge in [-0.1, -0.05) is 39.3 Å². The third-order valence-electron chi connectivity index (χ3n) is 3.21. The standard InChI is InChI=1S/C14H27N3O2/c1-6-10(9-15)8-11-16-13(17-19-11)12(18-7-2)14(3,4)5/h10,12H,6-9,15H2,1-5H3. The van der Waals surface area contributed by atoms with Gasteiger partial charge in [0.25, 0.3) is 0 Å². The molecule has 0 amide bonds. The molecule has 2 N–H and O–H groups in total. The smallest absolute Gasteiger partial charge is 0.227 e. The molecule has 0 aliphatic rings. The van der Waals surface area contributed by atoms with E-state index in [9.17, 15) is 0 Å². The highest BCUT2D eigenvalue weighted by atomic mass is 16.5. The lowest BCUT2D eigenvalue weighted by Gasteiger charge is -2.27. The molecule has 19 heavy (non-hydrogen) atoms. The summed E-state index contributed by atoms with van der Waals surface area (Å²) in [6.45, 7) is 11.7. The summed E-state index contributed by atoms with van der Waals surface area (Å²) >= 11 is 0. The maximum Gasteiger partial charge on any atom is 0.227 e. The van der Waals surface area contributed by atoms with Crippen molar-refractivity contribution in [3.8, 4) is 0 Å². The number of nitrogens with zero attached hydrogens (tertiary/aromatic N) is 2. The van der Waals surface area contributed by atoms with Gasteiger partial charge in [0.15, 0.2) is 0 Å². The van der Waals surface area contributed by atoms with E-state index in [1.54, 1.807) is 0 Å². The summed E-state index contributed by atoms with van der Waals surface area (Å²) in [4.78, 5) is 4.47. The number of ether oxygens (including phenoxy) is 1. The fourth-order valence-corrected chi connectivity index (χ4v) is 1.98. The average molecular weight is 269 g/mol. The van der Waals surface area contributed by atoms with Crippen molar-refractivity contribution in [3.05, 3.63) is 11.7 Å². The van der Waals surface area contributed by atoms with Crippen molar-refractivity contribution in [2.45, 2.75) is 53.6 Å². The van der Waals surface area contributed by atoms with Gasteiger partial charge in [-0.2, -0.15) is 4.98 Å². The average Bonchev–Trinajstić information content (AvgIpc) is 2.79. The molecule has 0 aliphatic heterocycles. The van der Waals surface area contributed by atoms with Crippen molar-refractivity contribution in [3.63, 3.8) is 0 Å². The quantitative estimate of drug-likeness (QED) is 0.823. The largest absolute Gasteiger partial charge is 0.370 e. The number of hydrogen-bond acceptors (Lipinski definition) is 5. The van der Waals surface area contributed by atoms with E-state index in [2.05, 4.69) is 37.8 Å². The number of rotatable bonds is 7. The highest BCUT2D eigenvalue weighted by Gasteiger charge is 2.31. The highest BCUT2D eigenvalue weighted by Crippen LogP contribution is 2.34. The van der Waals surface area contributed by atoms with E-state index < -0.39 is 0 Å². The Hall–Kier alpha value is -0.940. The van der Waals surface area contributed by atoms with Gasteiger partial charge in [-0.25, -0.2) is 0 Å². The fourth-order valence-electron chi connectivity index (χ4n) is 1.98. The summed E-state index contributed by atoms with van der Waals surface area (Å²) in [5.74, 6) is 1.69. The van der Waals surface area contributed by atoms with Gasteiger partial charge in [-0.05, 0) is 24.8 Å². The van der Waals surface area contributed by atoms with Crippen LogP contribution in [0.5, 0.6) is 0 Å². The predicted molar refractivity (Wildman–Crippen MR) is 74.7 cm³/mol. The summed E-state index contributed by atoms with van der Waals surface area (Å²) < 4.78 is 11.1. The maximum absolute atomic E-state index is 5.75. The van der Waals surface area contributed by atoms with E-state index in [0.717, 1.165) is 12.8 Å². The van der Waals surface area contributed by atoms with E-state index in [1.807, 2.05) is 6.92 Å². The molecule has 0 spiro atoms. The van der Waals surface area contributed by atoms with Crippen LogP contribution in [0, 0.1) is 11.3 Å². The lowest BCUT2D eigenvalue weighted by molar-refractivity contribution is -0.0203. The highest BCUT2D eigenvalue weighted by molar-refractivity contribution is 4.97. The first-order valence-corrected chi connectivity index (χ1v) is 7.06. The number of aromatic nitrogens is 2. The van der Waals surface area contributed by atoms with Crippen LogP contribution < -0.4 is 5.73 Å². The van der Waals surface area contributed by atoms with Crippen LogP contribution in [0.1, 0.15) is 58.9 Å². The molecule has 1 aromatic heterocycles. The minimum absolute atomic E-state index is 0.0603. The predicted octanol–water partition coefficient (Wildman–Crippen LogP) is 2.72. The summed E-state index contributed by atoms with van der Waals surface area (Å²) in [5.41, 5.74) is 5.64. The molecule has 0 radical (unpaired) electrons. The molecule has 110 valence electrons. The normalized spacial score (nSPS) is 15.5. The number of nitrogens with two attached hydrogens (primary N) is 1. The summed E-state index contributed by atoms with van der Waals surface area (Å²) in [6.07, 6.45) is 1.61. The van der Waals surface area contributed by atoms with Crippen LogP contribution in [-0.2, 0) is 11.2 Å². The zero-order valence-electron chi connectivity index (χ0n) is 12.8. The molecule has 1 aromatic rings. The molecule has 1 heterocycles. The molecule has 2 atom stereocenters. The molecule has 5 heteroatoms. The zero-order valence-corrected chi connectivity index (χ0v) is 12.8. The molecule has 5 nitrogen and oxygen atoms in total. The van der Waals surface area contributed by atoms with Crippen molar-refractivity contribution >= 4 is 0 Å². The van der Waals surface area contributed by atoms with Gasteiger partial charge < -0.3 is 15.0 Å². The van der Waals surface area contributed by atoms with Crippen molar-refractivity contribution in [2.75, 3.05) is 13.2 Å². The van der Waals surface area contributed by atoms with Crippen LogP contribution in [0.3, 0.4) is 0 Å². The van der Waals surface area contributed by atoms with Gasteiger partial charge in [0, 0.05) is 13.0 Å². The third kappa shape index (κ3) is 4.58. The second-order valence-electron chi connectivity index (χ2n) is 5.96. The molecular weight excluding hydrogens is 242 g/mol. The minimum atomic E-state index is -0.145. The van der Waals surface area contributed by atoms with E-state index in [0.29, 0.717) is 30.8 Å². The monoisotopic (exact) mass is 269 g/mol. The van der Waals surface area contributed by atoms with Gasteiger partial charge >= 0.3 is 0 Å². The first kappa shape index (κ1) is 16.1. The molecule has 0 bridgehead atoms. The molecule has 0 fully saturated rings. The Bertz CT molecular complexity index is 367. The van der Waals surface area contributed by atoms with Crippen LogP contribution in [0.4, 0.5) is 0 Å². The van der Waals surface area contributed by atoms with Crippen molar-refractivity contribution in [2.24, 2.45) is 17.1 Å². The minimum Gasteiger partial charge on any atom is -0.370 e. The Labute approximate surface area is 115 Å². The summed E-state index contributed by atoms with van der Waals surface area (Å²) in [7, 11) is 0.